The van der Waals surface area contributed by atoms with E-state index in [-0.39, 0.29) is 5.75 Å². The second-order valence-electron chi connectivity index (χ2n) is 2.84. The van der Waals surface area contributed by atoms with Crippen LogP contribution in [0.1, 0.15) is 19.8 Å². The fourth-order valence-corrected chi connectivity index (χ4v) is 2.56. The van der Waals surface area contributed by atoms with Gasteiger partial charge in [-0.05, 0) is 0 Å². The Morgan fingerprint density at radius 3 is 2.18 bits per heavy atom. The maximum atomic E-state index is 12.2. The van der Waals surface area contributed by atoms with Crippen molar-refractivity contribution in [2.45, 2.75) is 30.9 Å². The van der Waals surface area contributed by atoms with Crippen LogP contribution in [0.3, 0.4) is 0 Å². The lowest BCUT2D eigenvalue weighted by Crippen LogP contribution is -2.45. The Kier molecular flexibility index (Phi) is 1.94. The third-order valence-corrected chi connectivity index (χ3v) is 4.12. The van der Waals surface area contributed by atoms with Gasteiger partial charge in [-0.3, -0.25) is 0 Å². The van der Waals surface area contributed by atoms with Crippen LogP contribution in [-0.2, 0) is 9.84 Å². The van der Waals surface area contributed by atoms with E-state index in [1.54, 1.807) is 0 Å². The molecule has 11 heavy (non-hydrogen) atoms. The molecule has 1 fully saturated rings. The molecule has 1 aliphatic rings. The van der Waals surface area contributed by atoms with E-state index in [9.17, 15) is 17.2 Å². The highest BCUT2D eigenvalue weighted by atomic mass is 32.2. The van der Waals surface area contributed by atoms with Crippen LogP contribution in [0.25, 0.3) is 0 Å². The SMILES string of the molecule is CCS(=O)(=O)C1CC(F)(F)C1. The summed E-state index contributed by atoms with van der Waals surface area (Å²) in [5.74, 6) is -2.76. The molecule has 0 spiro atoms. The smallest absolute Gasteiger partial charge is 0.229 e. The average Bonchev–Trinajstić information content (AvgIpc) is 1.83. The van der Waals surface area contributed by atoms with E-state index in [0.717, 1.165) is 0 Å². The molecule has 0 saturated heterocycles. The van der Waals surface area contributed by atoms with Crippen molar-refractivity contribution in [3.63, 3.8) is 0 Å². The van der Waals surface area contributed by atoms with Crippen molar-refractivity contribution >= 4 is 9.84 Å². The van der Waals surface area contributed by atoms with Crippen LogP contribution in [0.2, 0.25) is 0 Å². The number of rotatable bonds is 2. The minimum atomic E-state index is -3.21. The Bertz CT molecular complexity index is 237. The van der Waals surface area contributed by atoms with Gasteiger partial charge in [0.15, 0.2) is 9.84 Å². The Hall–Kier alpha value is -0.190. The van der Waals surface area contributed by atoms with E-state index in [1.807, 2.05) is 0 Å². The van der Waals surface area contributed by atoms with Gasteiger partial charge in [-0.15, -0.1) is 0 Å². The standard InChI is InChI=1S/C6H10F2O2S/c1-2-11(9,10)5-3-6(7,8)4-5/h5H,2-4H2,1H3. The summed E-state index contributed by atoms with van der Waals surface area (Å²) >= 11 is 0. The largest absolute Gasteiger partial charge is 0.250 e. The lowest BCUT2D eigenvalue weighted by atomic mass is 9.94. The Morgan fingerprint density at radius 2 is 1.91 bits per heavy atom. The molecule has 0 radical (unpaired) electrons. The van der Waals surface area contributed by atoms with E-state index >= 15 is 0 Å². The second-order valence-corrected chi connectivity index (χ2v) is 5.41. The van der Waals surface area contributed by atoms with Crippen LogP contribution in [0.5, 0.6) is 0 Å². The quantitative estimate of drug-likeness (QED) is 0.646. The van der Waals surface area contributed by atoms with Crippen molar-refractivity contribution in [3.05, 3.63) is 0 Å². The van der Waals surface area contributed by atoms with E-state index in [4.69, 9.17) is 0 Å². The summed E-state index contributed by atoms with van der Waals surface area (Å²) in [6.45, 7) is 1.48. The summed E-state index contributed by atoms with van der Waals surface area (Å²) in [5, 5.41) is -0.789. The van der Waals surface area contributed by atoms with Crippen LogP contribution in [0.15, 0.2) is 0 Å². The maximum Gasteiger partial charge on any atom is 0.250 e. The van der Waals surface area contributed by atoms with Crippen LogP contribution < -0.4 is 0 Å². The zero-order valence-corrected chi connectivity index (χ0v) is 7.00. The zero-order chi connectivity index (χ0) is 8.70. The number of hydrogen-bond acceptors (Lipinski definition) is 2. The fraction of sp³-hybridized carbons (Fsp3) is 1.00. The molecule has 0 heterocycles. The first-order valence-corrected chi connectivity index (χ1v) is 5.18. The molecule has 0 aromatic rings. The van der Waals surface area contributed by atoms with Crippen LogP contribution in [-0.4, -0.2) is 25.3 Å². The summed E-state index contributed by atoms with van der Waals surface area (Å²) in [5.41, 5.74) is 0. The zero-order valence-electron chi connectivity index (χ0n) is 6.18. The summed E-state index contributed by atoms with van der Waals surface area (Å²) in [6, 6.07) is 0. The number of halogens is 2. The molecule has 0 aromatic heterocycles. The molecule has 0 amide bonds. The van der Waals surface area contributed by atoms with E-state index in [1.165, 1.54) is 6.92 Å². The molecule has 0 bridgehead atoms. The third kappa shape index (κ3) is 1.69. The van der Waals surface area contributed by atoms with Gasteiger partial charge in [0.1, 0.15) is 0 Å². The molecule has 5 heteroatoms. The normalized spacial score (nSPS) is 24.6. The van der Waals surface area contributed by atoms with Gasteiger partial charge in [0.25, 0.3) is 5.92 Å². The summed E-state index contributed by atoms with van der Waals surface area (Å²) in [6.07, 6.45) is -0.966. The first kappa shape index (κ1) is 8.90. The molecule has 0 unspecified atom stereocenters. The van der Waals surface area contributed by atoms with Gasteiger partial charge in [0, 0.05) is 18.6 Å². The number of alkyl halides is 2. The van der Waals surface area contributed by atoms with Gasteiger partial charge in [0.05, 0.1) is 5.25 Å². The molecule has 1 aliphatic carbocycles. The predicted octanol–water partition coefficient (Wildman–Crippen LogP) is 1.22. The van der Waals surface area contributed by atoms with Crippen molar-refractivity contribution in [2.75, 3.05) is 5.75 Å². The fourth-order valence-electron chi connectivity index (χ4n) is 1.10. The third-order valence-electron chi connectivity index (χ3n) is 1.96. The second kappa shape index (κ2) is 2.40. The van der Waals surface area contributed by atoms with Crippen molar-refractivity contribution < 1.29 is 17.2 Å². The van der Waals surface area contributed by atoms with Crippen molar-refractivity contribution in [1.29, 1.82) is 0 Å². The minimum Gasteiger partial charge on any atom is -0.229 e. The number of sulfone groups is 1. The van der Waals surface area contributed by atoms with Crippen molar-refractivity contribution in [1.82, 2.24) is 0 Å². The first-order valence-electron chi connectivity index (χ1n) is 3.47. The highest BCUT2D eigenvalue weighted by Crippen LogP contribution is 2.41. The molecule has 66 valence electrons. The van der Waals surface area contributed by atoms with Crippen LogP contribution in [0, 0.1) is 0 Å². The minimum absolute atomic E-state index is 0.0340. The lowest BCUT2D eigenvalue weighted by Gasteiger charge is -2.33. The molecule has 0 aromatic carbocycles. The van der Waals surface area contributed by atoms with Gasteiger partial charge in [-0.1, -0.05) is 6.92 Å². The van der Waals surface area contributed by atoms with Gasteiger partial charge >= 0.3 is 0 Å². The van der Waals surface area contributed by atoms with Gasteiger partial charge < -0.3 is 0 Å². The Balaban J connectivity index is 2.58. The van der Waals surface area contributed by atoms with Gasteiger partial charge in [-0.2, -0.15) is 0 Å². The van der Waals surface area contributed by atoms with Crippen LogP contribution in [0.4, 0.5) is 8.78 Å². The Morgan fingerprint density at radius 1 is 1.45 bits per heavy atom. The van der Waals surface area contributed by atoms with Crippen molar-refractivity contribution in [2.24, 2.45) is 0 Å². The summed E-state index contributed by atoms with van der Waals surface area (Å²) in [7, 11) is -3.21. The molecule has 0 atom stereocenters. The predicted molar refractivity (Wildman–Crippen MR) is 37.4 cm³/mol. The maximum absolute atomic E-state index is 12.2. The molecule has 0 aliphatic heterocycles. The Labute approximate surface area is 64.5 Å². The summed E-state index contributed by atoms with van der Waals surface area (Å²) in [4.78, 5) is 0. The molecular formula is C6H10F2O2S. The van der Waals surface area contributed by atoms with Gasteiger partial charge in [-0.25, -0.2) is 17.2 Å². The summed E-state index contributed by atoms with van der Waals surface area (Å²) < 4.78 is 46.3. The molecular weight excluding hydrogens is 174 g/mol. The highest BCUT2D eigenvalue weighted by molar-refractivity contribution is 7.92. The molecule has 0 N–H and O–H groups in total. The first-order chi connectivity index (χ1) is 4.87. The van der Waals surface area contributed by atoms with Crippen molar-refractivity contribution in [3.8, 4) is 0 Å². The average molecular weight is 184 g/mol. The molecule has 2 nitrogen and oxygen atoms in total. The van der Waals surface area contributed by atoms with E-state index < -0.39 is 33.9 Å². The topological polar surface area (TPSA) is 34.1 Å². The highest BCUT2D eigenvalue weighted by Gasteiger charge is 2.50. The van der Waals surface area contributed by atoms with E-state index in [2.05, 4.69) is 0 Å². The van der Waals surface area contributed by atoms with E-state index in [0.29, 0.717) is 0 Å². The monoisotopic (exact) mass is 184 g/mol. The van der Waals surface area contributed by atoms with Crippen LogP contribution >= 0.6 is 0 Å². The lowest BCUT2D eigenvalue weighted by molar-refractivity contribution is -0.0685. The molecule has 1 rings (SSSR count). The number of hydrogen-bond donors (Lipinski definition) is 0. The molecule has 1 saturated carbocycles. The van der Waals surface area contributed by atoms with Gasteiger partial charge in [0.2, 0.25) is 0 Å².